The summed E-state index contributed by atoms with van der Waals surface area (Å²) in [6.07, 6.45) is -4.16. The van der Waals surface area contributed by atoms with Gasteiger partial charge in [-0.2, -0.15) is 0 Å². The Morgan fingerprint density at radius 3 is 1.21 bits per heavy atom. The fourth-order valence-electron chi connectivity index (χ4n) is 9.80. The van der Waals surface area contributed by atoms with Crippen molar-refractivity contribution >= 4 is 124 Å². The number of rotatable bonds is 78. The Kier molecular flexibility index (Phi) is 67.9. The summed E-state index contributed by atoms with van der Waals surface area (Å²) in [6, 6.07) is 5.18. The Bertz CT molecular complexity index is 3420. The summed E-state index contributed by atoms with van der Waals surface area (Å²) in [4.78, 5) is 241. The first-order valence-corrected chi connectivity index (χ1v) is 38.9. The van der Waals surface area contributed by atoms with Gasteiger partial charge < -0.3 is 114 Å². The summed E-state index contributed by atoms with van der Waals surface area (Å²) < 4.78 is 56.7. The van der Waals surface area contributed by atoms with E-state index >= 15 is 0 Å². The second-order valence-corrected chi connectivity index (χ2v) is 26.8. The molecule has 0 aliphatic carbocycles. The van der Waals surface area contributed by atoms with E-state index < -0.39 is 152 Å². The fraction of sp³-hybridized carbons (Fsp3) is 0.654. The van der Waals surface area contributed by atoms with Crippen molar-refractivity contribution in [3.05, 3.63) is 35.4 Å². The zero-order valence-electron chi connectivity index (χ0n) is 69.0. The van der Waals surface area contributed by atoms with Crippen LogP contribution >= 0.6 is 0 Å². The highest BCUT2D eigenvalue weighted by atomic mass is 16.6. The number of carbonyl (C=O) groups is 21. The third kappa shape index (κ3) is 70.0. The number of carboxylic acid groups (broad SMARTS) is 7. The molecule has 688 valence electrons. The molecule has 0 heterocycles. The van der Waals surface area contributed by atoms with E-state index in [-0.39, 0.29) is 211 Å². The molecule has 1 aromatic rings. The molecule has 44 heteroatoms. The number of Topliss-reactive ketones (excluding diaryl/α,β-unsaturated/α-hetero) is 8. The number of carbonyl (C=O) groups excluding carboxylic acids is 14. The molecule has 0 saturated carbocycles. The van der Waals surface area contributed by atoms with E-state index in [9.17, 15) is 111 Å². The summed E-state index contributed by atoms with van der Waals surface area (Å²) in [5.41, 5.74) is 1.18. The van der Waals surface area contributed by atoms with E-state index in [1.54, 1.807) is 24.3 Å². The topological polar surface area (TPSA) is 653 Å². The van der Waals surface area contributed by atoms with Crippen LogP contribution in [0.2, 0.25) is 0 Å². The minimum absolute atomic E-state index is 0.0282. The number of ketones is 8. The number of nitrogens with zero attached hydrogens (tertiary/aromatic N) is 1. The van der Waals surface area contributed by atoms with Crippen LogP contribution in [0.25, 0.3) is 0 Å². The molecule has 1 rings (SSSR count). The average molecular weight is 1750 g/mol. The van der Waals surface area contributed by atoms with Crippen molar-refractivity contribution in [3.63, 3.8) is 0 Å². The normalized spacial score (nSPS) is 11.7. The Morgan fingerprint density at radius 1 is 0.361 bits per heavy atom. The lowest BCUT2D eigenvalue weighted by molar-refractivity contribution is -0.149. The van der Waals surface area contributed by atoms with Gasteiger partial charge in [0, 0.05) is 109 Å². The lowest BCUT2D eigenvalue weighted by Gasteiger charge is -2.21. The first-order chi connectivity index (χ1) is 57.9. The predicted octanol–water partition coefficient (Wildman–Crippen LogP) is -0.151. The van der Waals surface area contributed by atoms with Crippen molar-refractivity contribution in [1.29, 1.82) is 0 Å². The van der Waals surface area contributed by atoms with Gasteiger partial charge in [0.2, 0.25) is 23.6 Å². The second kappa shape index (κ2) is 73.0. The molecule has 0 aromatic heterocycles. The molecule has 44 nitrogen and oxygen atoms in total. The molecule has 0 aliphatic heterocycles. The van der Waals surface area contributed by atoms with Crippen molar-refractivity contribution in [3.8, 4) is 0 Å². The highest BCUT2D eigenvalue weighted by molar-refractivity contribution is 6.02. The van der Waals surface area contributed by atoms with Gasteiger partial charge in [-0.05, 0) is 58.4 Å². The summed E-state index contributed by atoms with van der Waals surface area (Å²) in [7, 11) is 0. The maximum Gasteiger partial charge on any atom is 0.326 e. The minimum Gasteiger partial charge on any atom is -0.481 e. The van der Waals surface area contributed by atoms with Crippen LogP contribution in [0.5, 0.6) is 0 Å². The van der Waals surface area contributed by atoms with Crippen LogP contribution in [-0.2, 0) is 155 Å². The molecule has 0 fully saturated rings. The van der Waals surface area contributed by atoms with Crippen molar-refractivity contribution < 1.29 is 189 Å². The highest BCUT2D eigenvalue weighted by Gasteiger charge is 2.29. The Morgan fingerprint density at radius 2 is 0.779 bits per heavy atom. The Hall–Kier alpha value is -10.7. The number of aliphatic carboxylic acids is 7. The molecule has 0 bridgehead atoms. The highest BCUT2D eigenvalue weighted by Crippen LogP contribution is 2.19. The lowest BCUT2D eigenvalue weighted by atomic mass is 9.91. The number of carboxylic acids is 7. The molecular formula is C78H117N5O39. The number of ether oxygens (including phenoxy) is 11. The third-order valence-corrected chi connectivity index (χ3v) is 16.0. The van der Waals surface area contributed by atoms with Crippen LogP contribution in [0.15, 0.2) is 24.3 Å². The van der Waals surface area contributed by atoms with Gasteiger partial charge in [-0.3, -0.25) is 95.9 Å². The van der Waals surface area contributed by atoms with Crippen molar-refractivity contribution in [2.75, 3.05) is 165 Å². The quantitative estimate of drug-likeness (QED) is 0.0175. The first kappa shape index (κ1) is 113. The lowest BCUT2D eigenvalue weighted by Crippen LogP contribution is -2.42. The van der Waals surface area contributed by atoms with Crippen LogP contribution in [-0.4, -0.2) is 336 Å². The van der Waals surface area contributed by atoms with Gasteiger partial charge >= 0.3 is 41.8 Å². The van der Waals surface area contributed by atoms with E-state index in [0.717, 1.165) is 0 Å². The monoisotopic (exact) mass is 1750 g/mol. The molecule has 0 saturated heterocycles. The molecule has 122 heavy (non-hydrogen) atoms. The van der Waals surface area contributed by atoms with Crippen LogP contribution in [0.4, 0.5) is 0 Å². The summed E-state index contributed by atoms with van der Waals surface area (Å²) in [6.45, 7) is 8.92. The van der Waals surface area contributed by atoms with E-state index in [4.69, 9.17) is 72.9 Å². The SMILES string of the molecule is CC(=O)CCOCCOCCNC(=O)CCC(CC(=O)CC(=O)CC(CCC(=O)O)C(=O)O)C(=O)O.CC(=O)COCCOCCNC(=O)COCCOCCCC(=O)CCC(NC(=O)CC(=O)CC(CC(=O)O)C(=O)O)C(=O)O.CC(=O)COCCOCCNC(=O)COCCOCCCC(=O)c1ccc(CN(CCC(=O)O)C(=O)COC=O)cc1. The molecular weight excluding hydrogens is 1630 g/mol. The van der Waals surface area contributed by atoms with E-state index in [2.05, 4.69) is 26.0 Å². The van der Waals surface area contributed by atoms with Crippen LogP contribution in [0.3, 0.4) is 0 Å². The van der Waals surface area contributed by atoms with Gasteiger partial charge in [-0.25, -0.2) is 4.79 Å². The number of nitrogens with one attached hydrogen (secondary N) is 4. The zero-order chi connectivity index (χ0) is 91.8. The Balaban J connectivity index is 0. The molecule has 4 atom stereocenters. The standard InChI is InChI=1S/C28H40N2O12.C27H42N2O15.C23H35NO12/c1-22(32)18-40-15-14-39-12-9-29-26(34)19-41-16-13-38-11-2-3-25(33)24-6-4-23(5-7-24)17-30(10-8-28(36)37)27(35)20-42-21-31;1-18(30)16-43-11-10-42-8-6-28-24(34)17-44-12-9-41-7-2-3-20(31)4-5-22(27(39)40)29-23(33)15-21(32)13-19(26(37)38)14-25(35)36;1-15(25)6-8-35-10-11-36-9-7-24-20(28)4-2-16(22(31)32)12-18(26)14-19(27)13-17(23(33)34)3-5-21(29)30/h4-7,21H,2-3,8-20H2,1H3,(H,29,34)(H,36,37);19,22H,2-17H2,1H3,(H,28,34)(H,29,33)(H,35,36)(H,37,38)(H,39,40);16-17H,2-14H2,1H3,(H,24,28)(H,29,30)(H,31,32)(H,33,34). The number of hydrogen-bond acceptors (Lipinski definition) is 32. The molecule has 1 aromatic carbocycles. The van der Waals surface area contributed by atoms with Gasteiger partial charge in [0.05, 0.1) is 136 Å². The van der Waals surface area contributed by atoms with Crippen LogP contribution in [0.1, 0.15) is 152 Å². The van der Waals surface area contributed by atoms with Crippen LogP contribution in [0, 0.1) is 17.8 Å². The van der Waals surface area contributed by atoms with E-state index in [0.29, 0.717) is 83.2 Å². The molecule has 4 unspecified atom stereocenters. The predicted molar refractivity (Wildman–Crippen MR) is 416 cm³/mol. The summed E-state index contributed by atoms with van der Waals surface area (Å²) in [5.74, 6) is -18.5. The van der Waals surface area contributed by atoms with Crippen LogP contribution < -0.4 is 21.3 Å². The molecule has 11 N–H and O–H groups in total. The molecule has 5 amide bonds. The summed E-state index contributed by atoms with van der Waals surface area (Å²) in [5, 5.41) is 72.9. The van der Waals surface area contributed by atoms with Gasteiger partial charge in [-0.1, -0.05) is 24.3 Å². The maximum atomic E-state index is 12.5. The third-order valence-electron chi connectivity index (χ3n) is 16.0. The van der Waals surface area contributed by atoms with Crippen molar-refractivity contribution in [2.45, 2.75) is 149 Å². The smallest absolute Gasteiger partial charge is 0.326 e. The van der Waals surface area contributed by atoms with Crippen molar-refractivity contribution in [1.82, 2.24) is 26.2 Å². The maximum absolute atomic E-state index is 12.5. The Labute approximate surface area is 703 Å². The molecule has 0 radical (unpaired) electrons. The van der Waals surface area contributed by atoms with Gasteiger partial charge in [-0.15, -0.1) is 0 Å². The fourth-order valence-corrected chi connectivity index (χ4v) is 9.80. The number of amides is 5. The second-order valence-electron chi connectivity index (χ2n) is 26.8. The van der Waals surface area contributed by atoms with E-state index in [1.165, 1.54) is 25.7 Å². The van der Waals surface area contributed by atoms with Gasteiger partial charge in [0.15, 0.2) is 24.0 Å². The molecule has 0 spiro atoms. The van der Waals surface area contributed by atoms with Gasteiger partial charge in [0.1, 0.15) is 61.4 Å². The number of benzene rings is 1. The first-order valence-electron chi connectivity index (χ1n) is 38.9. The number of hydrogen-bond donors (Lipinski definition) is 11. The largest absolute Gasteiger partial charge is 0.481 e. The summed E-state index contributed by atoms with van der Waals surface area (Å²) >= 11 is 0. The van der Waals surface area contributed by atoms with Gasteiger partial charge in [0.25, 0.3) is 12.4 Å². The van der Waals surface area contributed by atoms with Crippen molar-refractivity contribution in [2.24, 2.45) is 17.8 Å². The molecule has 0 aliphatic rings. The van der Waals surface area contributed by atoms with E-state index in [1.807, 2.05) is 0 Å². The minimum atomic E-state index is -1.52. The zero-order valence-corrected chi connectivity index (χ0v) is 69.0. The average Bonchev–Trinajstić information content (AvgIpc) is 0.871.